The number of aliphatic imine (C=N–C) groups is 1. The Bertz CT molecular complexity index is 655. The molecule has 1 aromatic heterocycles. The maximum absolute atomic E-state index is 13.7. The molecule has 0 radical (unpaired) electrons. The number of nitrogens with zero attached hydrogens (tertiary/aromatic N) is 3. The van der Waals surface area contributed by atoms with E-state index in [9.17, 15) is 8.78 Å². The van der Waals surface area contributed by atoms with Gasteiger partial charge in [-0.2, -0.15) is 8.78 Å². The van der Waals surface area contributed by atoms with Crippen LogP contribution in [0.2, 0.25) is 0 Å². The zero-order chi connectivity index (χ0) is 20.4. The lowest BCUT2D eigenvalue weighted by molar-refractivity contribution is -0.0127. The van der Waals surface area contributed by atoms with Gasteiger partial charge in [0.1, 0.15) is 5.69 Å². The molecule has 6 heteroatoms. The van der Waals surface area contributed by atoms with Gasteiger partial charge in [-0.05, 0) is 31.4 Å². The number of pyridine rings is 1. The van der Waals surface area contributed by atoms with E-state index in [2.05, 4.69) is 47.5 Å². The number of halogens is 2. The molecule has 27 heavy (non-hydrogen) atoms. The SMILES string of the molecule is C=C(Nc1ccc(C(F)(F)CC)nc1)C(=N/C=C\C)N(CCC)CC(C)C.[HH]. The molecule has 0 aliphatic heterocycles. The molecule has 0 atom stereocenters. The fourth-order valence-corrected chi connectivity index (χ4v) is 2.59. The molecule has 152 valence electrons. The van der Waals surface area contributed by atoms with E-state index in [1.54, 1.807) is 12.3 Å². The first kappa shape index (κ1) is 22.8. The molecule has 0 aromatic carbocycles. The summed E-state index contributed by atoms with van der Waals surface area (Å²) < 4.78 is 27.5. The smallest absolute Gasteiger partial charge is 0.289 e. The zero-order valence-corrected chi connectivity index (χ0v) is 17.1. The number of anilines is 1. The summed E-state index contributed by atoms with van der Waals surface area (Å²) in [5, 5.41) is 3.15. The summed E-state index contributed by atoms with van der Waals surface area (Å²) in [4.78, 5) is 10.6. The van der Waals surface area contributed by atoms with Crippen LogP contribution in [-0.2, 0) is 5.92 Å². The monoisotopic (exact) mass is 380 g/mol. The van der Waals surface area contributed by atoms with Gasteiger partial charge < -0.3 is 10.2 Å². The van der Waals surface area contributed by atoms with Crippen LogP contribution in [0.3, 0.4) is 0 Å². The van der Waals surface area contributed by atoms with E-state index >= 15 is 0 Å². The van der Waals surface area contributed by atoms with E-state index in [1.165, 1.54) is 19.2 Å². The second-order valence-corrected chi connectivity index (χ2v) is 6.87. The third kappa shape index (κ3) is 7.12. The van der Waals surface area contributed by atoms with Crippen molar-refractivity contribution in [3.8, 4) is 0 Å². The Morgan fingerprint density at radius 2 is 2.11 bits per heavy atom. The number of aromatic nitrogens is 1. The van der Waals surface area contributed by atoms with E-state index < -0.39 is 5.92 Å². The topological polar surface area (TPSA) is 40.5 Å². The number of hydrogen-bond acceptors (Lipinski definition) is 3. The number of hydrogen-bond donors (Lipinski definition) is 1. The zero-order valence-electron chi connectivity index (χ0n) is 17.1. The van der Waals surface area contributed by atoms with Gasteiger partial charge in [0, 0.05) is 27.1 Å². The van der Waals surface area contributed by atoms with E-state index in [4.69, 9.17) is 0 Å². The number of nitrogens with one attached hydrogen (secondary N) is 1. The first-order valence-electron chi connectivity index (χ1n) is 9.49. The maximum atomic E-state index is 13.7. The normalized spacial score (nSPS) is 12.7. The predicted octanol–water partition coefficient (Wildman–Crippen LogP) is 6.06. The van der Waals surface area contributed by atoms with Crippen molar-refractivity contribution in [2.75, 3.05) is 18.4 Å². The molecule has 0 unspecified atom stereocenters. The summed E-state index contributed by atoms with van der Waals surface area (Å²) in [6, 6.07) is 2.94. The minimum Gasteiger partial charge on any atom is -0.355 e. The Balaban J connectivity index is 0.00000729. The van der Waals surface area contributed by atoms with Crippen molar-refractivity contribution in [3.63, 3.8) is 0 Å². The van der Waals surface area contributed by atoms with Crippen LogP contribution in [0.15, 0.2) is 47.9 Å². The number of rotatable bonds is 10. The second kappa shape index (κ2) is 10.8. The van der Waals surface area contributed by atoms with Gasteiger partial charge in [-0.25, -0.2) is 4.99 Å². The Kier molecular flexibility index (Phi) is 9.12. The third-order valence-corrected chi connectivity index (χ3v) is 3.87. The van der Waals surface area contributed by atoms with E-state index in [-0.39, 0.29) is 13.5 Å². The average molecular weight is 381 g/mol. The molecule has 0 fully saturated rings. The fraction of sp³-hybridized carbons (Fsp3) is 0.524. The molecule has 1 rings (SSSR count). The van der Waals surface area contributed by atoms with Gasteiger partial charge in [0.2, 0.25) is 0 Å². The highest BCUT2D eigenvalue weighted by atomic mass is 19.3. The van der Waals surface area contributed by atoms with Gasteiger partial charge in [0.15, 0.2) is 5.84 Å². The van der Waals surface area contributed by atoms with E-state index in [0.29, 0.717) is 17.3 Å². The molecule has 1 N–H and O–H groups in total. The molecule has 1 heterocycles. The number of amidine groups is 1. The lowest BCUT2D eigenvalue weighted by atomic mass is 10.1. The molecule has 0 spiro atoms. The molecule has 0 amide bonds. The van der Waals surface area contributed by atoms with Crippen molar-refractivity contribution in [1.29, 1.82) is 0 Å². The van der Waals surface area contributed by atoms with Crippen molar-refractivity contribution in [2.45, 2.75) is 53.4 Å². The van der Waals surface area contributed by atoms with Crippen LogP contribution in [0.1, 0.15) is 54.6 Å². The van der Waals surface area contributed by atoms with E-state index in [1.807, 2.05) is 13.0 Å². The Labute approximate surface area is 163 Å². The van der Waals surface area contributed by atoms with Crippen molar-refractivity contribution in [3.05, 3.63) is 48.6 Å². The van der Waals surface area contributed by atoms with Gasteiger partial charge in [0.05, 0.1) is 17.6 Å². The molecule has 0 saturated carbocycles. The lowest BCUT2D eigenvalue weighted by Crippen LogP contribution is -2.37. The summed E-state index contributed by atoms with van der Waals surface area (Å²) in [5.74, 6) is -1.70. The Morgan fingerprint density at radius 3 is 2.59 bits per heavy atom. The Morgan fingerprint density at radius 1 is 1.41 bits per heavy atom. The Hall–Kier alpha value is -2.24. The highest BCUT2D eigenvalue weighted by Gasteiger charge is 2.30. The first-order chi connectivity index (χ1) is 12.7. The van der Waals surface area contributed by atoms with Crippen molar-refractivity contribution < 1.29 is 10.2 Å². The van der Waals surface area contributed by atoms with Crippen molar-refractivity contribution in [1.82, 2.24) is 9.88 Å². The predicted molar refractivity (Wildman–Crippen MR) is 112 cm³/mol. The van der Waals surface area contributed by atoms with Crippen LogP contribution in [-0.4, -0.2) is 28.8 Å². The summed E-state index contributed by atoms with van der Waals surface area (Å²) >= 11 is 0. The van der Waals surface area contributed by atoms with Gasteiger partial charge in [0.25, 0.3) is 5.92 Å². The van der Waals surface area contributed by atoms with Crippen LogP contribution in [0.4, 0.5) is 14.5 Å². The van der Waals surface area contributed by atoms with E-state index in [0.717, 1.165) is 25.3 Å². The summed E-state index contributed by atoms with van der Waals surface area (Å²) in [7, 11) is 0. The minimum atomic E-state index is -2.91. The first-order valence-corrected chi connectivity index (χ1v) is 9.49. The third-order valence-electron chi connectivity index (χ3n) is 3.87. The summed E-state index contributed by atoms with van der Waals surface area (Å²) in [5.41, 5.74) is 0.986. The van der Waals surface area contributed by atoms with Crippen LogP contribution in [0.5, 0.6) is 0 Å². The molecule has 1 aromatic rings. The standard InChI is InChI=1S/C21H32F2N4.H2/c1-7-12-24-20(27(13-8-2)15-16(4)5)17(6)26-18-10-11-19(25-14-18)21(22,23)9-3;/h7,10-12,14,16,26H,6,8-9,13,15H2,1-5H3;1H/b12-7-,24-20?;. The van der Waals surface area contributed by atoms with Crippen LogP contribution < -0.4 is 5.32 Å². The van der Waals surface area contributed by atoms with Crippen LogP contribution >= 0.6 is 0 Å². The summed E-state index contributed by atoms with van der Waals surface area (Å²) in [6.07, 6.45) is 5.70. The minimum absolute atomic E-state index is 0. The largest absolute Gasteiger partial charge is 0.355 e. The second-order valence-electron chi connectivity index (χ2n) is 6.87. The van der Waals surface area contributed by atoms with Gasteiger partial charge in [-0.15, -0.1) is 0 Å². The fourth-order valence-electron chi connectivity index (χ4n) is 2.59. The highest BCUT2D eigenvalue weighted by molar-refractivity contribution is 6.00. The molecule has 0 aliphatic rings. The molecule has 0 saturated heterocycles. The number of allylic oxidation sites excluding steroid dienone is 1. The molecule has 0 bridgehead atoms. The van der Waals surface area contributed by atoms with Gasteiger partial charge in [-0.3, -0.25) is 4.98 Å². The van der Waals surface area contributed by atoms with Gasteiger partial charge in [-0.1, -0.05) is 40.3 Å². The van der Waals surface area contributed by atoms with Crippen LogP contribution in [0, 0.1) is 5.92 Å². The summed E-state index contributed by atoms with van der Waals surface area (Å²) in [6.45, 7) is 15.6. The van der Waals surface area contributed by atoms with Crippen LogP contribution in [0.25, 0.3) is 0 Å². The molecular weight excluding hydrogens is 346 g/mol. The van der Waals surface area contributed by atoms with Gasteiger partial charge >= 0.3 is 0 Å². The average Bonchev–Trinajstić information content (AvgIpc) is 2.62. The highest BCUT2D eigenvalue weighted by Crippen LogP contribution is 2.30. The molecule has 0 aliphatic carbocycles. The molecular formula is C21H34F2N4. The van der Waals surface area contributed by atoms with Crippen molar-refractivity contribution >= 4 is 11.5 Å². The quantitative estimate of drug-likeness (QED) is 0.396. The lowest BCUT2D eigenvalue weighted by Gasteiger charge is -2.28. The maximum Gasteiger partial charge on any atom is 0.289 e. The van der Waals surface area contributed by atoms with Crippen molar-refractivity contribution in [2.24, 2.45) is 10.9 Å². The molecule has 4 nitrogen and oxygen atoms in total. The number of alkyl halides is 2.